The van der Waals surface area contributed by atoms with Crippen molar-refractivity contribution < 1.29 is 4.79 Å². The Balaban J connectivity index is 1.96. The van der Waals surface area contributed by atoms with E-state index in [1.807, 2.05) is 28.0 Å². The van der Waals surface area contributed by atoms with Gasteiger partial charge in [-0.3, -0.25) is 18.6 Å². The van der Waals surface area contributed by atoms with Crippen LogP contribution >= 0.6 is 11.3 Å². The summed E-state index contributed by atoms with van der Waals surface area (Å²) in [6.45, 7) is 0.00952. The van der Waals surface area contributed by atoms with Crippen LogP contribution in [0.2, 0.25) is 0 Å². The summed E-state index contributed by atoms with van der Waals surface area (Å²) in [5, 5.41) is 4.22. The average Bonchev–Trinajstić information content (AvgIpc) is 3.22. The standard InChI is InChI=1S/C16H11N3O2S/c20-14(11-5-6-22-9-11)8-18-15-7-17-10-19(15)13-4-2-1-3-12(13)16(18)21/h1-7,9-10H,8H2. The first-order chi connectivity index (χ1) is 10.8. The lowest BCUT2D eigenvalue weighted by Crippen LogP contribution is -2.26. The lowest BCUT2D eigenvalue weighted by Gasteiger charge is -2.10. The summed E-state index contributed by atoms with van der Waals surface area (Å²) in [5.41, 5.74) is 1.86. The maximum Gasteiger partial charge on any atom is 0.262 e. The van der Waals surface area contributed by atoms with Crippen molar-refractivity contribution in [3.63, 3.8) is 0 Å². The molecule has 4 rings (SSSR count). The number of benzene rings is 1. The molecule has 4 aromatic rings. The molecule has 6 heteroatoms. The van der Waals surface area contributed by atoms with E-state index >= 15 is 0 Å². The second-order valence-corrected chi connectivity index (χ2v) is 5.75. The number of imidazole rings is 1. The first-order valence-electron chi connectivity index (χ1n) is 6.75. The number of carbonyl (C=O) groups excluding carboxylic acids is 1. The highest BCUT2D eigenvalue weighted by atomic mass is 32.1. The number of ketones is 1. The van der Waals surface area contributed by atoms with Crippen LogP contribution in [0.15, 0.2) is 58.4 Å². The van der Waals surface area contributed by atoms with Gasteiger partial charge >= 0.3 is 0 Å². The third kappa shape index (κ3) is 1.88. The quantitative estimate of drug-likeness (QED) is 0.547. The van der Waals surface area contributed by atoms with Crippen LogP contribution in [0, 0.1) is 0 Å². The first-order valence-corrected chi connectivity index (χ1v) is 7.69. The number of para-hydroxylation sites is 1. The number of nitrogens with zero attached hydrogens (tertiary/aromatic N) is 3. The van der Waals surface area contributed by atoms with E-state index < -0.39 is 0 Å². The summed E-state index contributed by atoms with van der Waals surface area (Å²) >= 11 is 1.46. The molecule has 1 aromatic carbocycles. The van der Waals surface area contributed by atoms with Crippen molar-refractivity contribution in [2.24, 2.45) is 0 Å². The molecule has 3 aromatic heterocycles. The molecule has 0 spiro atoms. The number of Topliss-reactive ketones (excluding diaryl/α,β-unsaturated/α-hetero) is 1. The number of carbonyl (C=O) groups is 1. The molecule has 0 atom stereocenters. The van der Waals surface area contributed by atoms with Crippen LogP contribution in [-0.4, -0.2) is 19.7 Å². The van der Waals surface area contributed by atoms with Crippen molar-refractivity contribution in [3.8, 4) is 0 Å². The first kappa shape index (κ1) is 13.0. The van der Waals surface area contributed by atoms with E-state index in [2.05, 4.69) is 4.98 Å². The number of hydrogen-bond donors (Lipinski definition) is 0. The minimum absolute atomic E-state index is 0.00952. The van der Waals surface area contributed by atoms with Crippen LogP contribution in [0.1, 0.15) is 10.4 Å². The van der Waals surface area contributed by atoms with Gasteiger partial charge in [0.15, 0.2) is 5.78 Å². The summed E-state index contributed by atoms with van der Waals surface area (Å²) < 4.78 is 3.31. The zero-order valence-electron chi connectivity index (χ0n) is 11.5. The fraction of sp³-hybridized carbons (Fsp3) is 0.0625. The van der Waals surface area contributed by atoms with Crippen molar-refractivity contribution in [2.45, 2.75) is 6.54 Å². The maximum absolute atomic E-state index is 12.7. The van der Waals surface area contributed by atoms with Crippen molar-refractivity contribution in [3.05, 3.63) is 69.5 Å². The molecule has 0 saturated heterocycles. The minimum Gasteiger partial charge on any atom is -0.292 e. The molecular formula is C16H11N3O2S. The number of rotatable bonds is 3. The number of thiophene rings is 1. The van der Waals surface area contributed by atoms with Crippen LogP contribution in [0.5, 0.6) is 0 Å². The van der Waals surface area contributed by atoms with Gasteiger partial charge in [-0.2, -0.15) is 11.3 Å². The van der Waals surface area contributed by atoms with Gasteiger partial charge in [0.25, 0.3) is 5.56 Å². The second kappa shape index (κ2) is 4.92. The molecule has 3 heterocycles. The highest BCUT2D eigenvalue weighted by Crippen LogP contribution is 2.14. The average molecular weight is 309 g/mol. The van der Waals surface area contributed by atoms with Gasteiger partial charge in [-0.05, 0) is 23.6 Å². The molecule has 0 aliphatic rings. The lowest BCUT2D eigenvalue weighted by atomic mass is 10.2. The summed E-state index contributed by atoms with van der Waals surface area (Å²) in [4.78, 5) is 29.2. The van der Waals surface area contributed by atoms with Crippen molar-refractivity contribution in [1.29, 1.82) is 0 Å². The van der Waals surface area contributed by atoms with Gasteiger partial charge in [-0.15, -0.1) is 0 Å². The third-order valence-electron chi connectivity index (χ3n) is 3.68. The Morgan fingerprint density at radius 1 is 1.23 bits per heavy atom. The third-order valence-corrected chi connectivity index (χ3v) is 4.36. The Hall–Kier alpha value is -2.73. The number of aromatic nitrogens is 3. The van der Waals surface area contributed by atoms with Gasteiger partial charge in [0.2, 0.25) is 0 Å². The van der Waals surface area contributed by atoms with Crippen molar-refractivity contribution in [1.82, 2.24) is 14.0 Å². The number of hydrogen-bond acceptors (Lipinski definition) is 4. The van der Waals surface area contributed by atoms with Crippen LogP contribution in [0.3, 0.4) is 0 Å². The highest BCUT2D eigenvalue weighted by molar-refractivity contribution is 7.08. The zero-order valence-corrected chi connectivity index (χ0v) is 12.3. The lowest BCUT2D eigenvalue weighted by molar-refractivity contribution is 0.0972. The van der Waals surface area contributed by atoms with E-state index in [0.29, 0.717) is 16.6 Å². The molecule has 0 radical (unpaired) electrons. The van der Waals surface area contributed by atoms with Gasteiger partial charge in [0, 0.05) is 10.9 Å². The SMILES string of the molecule is O=C(Cn1c(=O)c2ccccc2n2cncc12)c1ccsc1. The molecule has 5 nitrogen and oxygen atoms in total. The summed E-state index contributed by atoms with van der Waals surface area (Å²) in [6, 6.07) is 9.10. The Kier molecular flexibility index (Phi) is 2.90. The molecule has 0 bridgehead atoms. The summed E-state index contributed by atoms with van der Waals surface area (Å²) in [5.74, 6) is -0.0817. The molecule has 0 amide bonds. The van der Waals surface area contributed by atoms with Gasteiger partial charge in [-0.25, -0.2) is 4.98 Å². The Morgan fingerprint density at radius 3 is 2.91 bits per heavy atom. The summed E-state index contributed by atoms with van der Waals surface area (Å²) in [6.07, 6.45) is 3.26. The highest BCUT2D eigenvalue weighted by Gasteiger charge is 2.14. The normalized spacial score (nSPS) is 11.3. The maximum atomic E-state index is 12.7. The monoisotopic (exact) mass is 309 g/mol. The molecule has 0 N–H and O–H groups in total. The Morgan fingerprint density at radius 2 is 2.09 bits per heavy atom. The molecule has 108 valence electrons. The minimum atomic E-state index is -0.174. The Labute approximate surface area is 129 Å². The topological polar surface area (TPSA) is 56.4 Å². The fourth-order valence-corrected chi connectivity index (χ4v) is 3.26. The molecule has 0 aliphatic heterocycles. The van der Waals surface area contributed by atoms with Gasteiger partial charge in [-0.1, -0.05) is 12.1 Å². The Bertz CT molecular complexity index is 1040. The fourth-order valence-electron chi connectivity index (χ4n) is 2.60. The predicted molar refractivity (Wildman–Crippen MR) is 85.6 cm³/mol. The van der Waals surface area contributed by atoms with Crippen LogP contribution in [0.25, 0.3) is 16.6 Å². The molecule has 0 unspecified atom stereocenters. The van der Waals surface area contributed by atoms with Crippen molar-refractivity contribution in [2.75, 3.05) is 0 Å². The van der Waals surface area contributed by atoms with E-state index in [9.17, 15) is 9.59 Å². The van der Waals surface area contributed by atoms with Crippen LogP contribution < -0.4 is 5.56 Å². The van der Waals surface area contributed by atoms with Gasteiger partial charge < -0.3 is 0 Å². The van der Waals surface area contributed by atoms with Gasteiger partial charge in [0.05, 0.1) is 23.6 Å². The molecule has 22 heavy (non-hydrogen) atoms. The van der Waals surface area contributed by atoms with E-state index in [0.717, 1.165) is 5.52 Å². The molecule has 0 fully saturated rings. The molecular weight excluding hydrogens is 298 g/mol. The number of fused-ring (bicyclic) bond motifs is 3. The van der Waals surface area contributed by atoms with Crippen molar-refractivity contribution >= 4 is 33.7 Å². The molecule has 0 saturated carbocycles. The van der Waals surface area contributed by atoms with E-state index in [1.165, 1.54) is 15.9 Å². The zero-order chi connectivity index (χ0) is 15.1. The van der Waals surface area contributed by atoms with E-state index in [4.69, 9.17) is 0 Å². The molecule has 0 aliphatic carbocycles. The predicted octanol–water partition coefficient (Wildman–Crippen LogP) is 2.59. The largest absolute Gasteiger partial charge is 0.292 e. The summed E-state index contributed by atoms with van der Waals surface area (Å²) in [7, 11) is 0. The van der Waals surface area contributed by atoms with E-state index in [1.54, 1.807) is 30.0 Å². The van der Waals surface area contributed by atoms with Gasteiger partial charge in [0.1, 0.15) is 12.0 Å². The van der Waals surface area contributed by atoms with E-state index in [-0.39, 0.29) is 17.9 Å². The second-order valence-electron chi connectivity index (χ2n) is 4.97. The van der Waals surface area contributed by atoms with Crippen LogP contribution in [-0.2, 0) is 6.54 Å². The smallest absolute Gasteiger partial charge is 0.262 e. The van der Waals surface area contributed by atoms with Crippen LogP contribution in [0.4, 0.5) is 0 Å².